The minimum Gasteiger partial charge on any atom is -0.376 e. The van der Waals surface area contributed by atoms with E-state index in [1.807, 2.05) is 13.1 Å². The fourth-order valence-corrected chi connectivity index (χ4v) is 2.33. The van der Waals surface area contributed by atoms with Crippen LogP contribution in [-0.4, -0.2) is 44.2 Å². The first kappa shape index (κ1) is 17.2. The van der Waals surface area contributed by atoms with Gasteiger partial charge in [0.1, 0.15) is 0 Å². The number of halogens is 1. The van der Waals surface area contributed by atoms with Crippen LogP contribution in [0.2, 0.25) is 0 Å². The SMILES string of the molecule is CN=C(NCC1CCCO1)N(C)Cc1ccccc1.I. The molecular formula is C15H24IN3O. The molecule has 5 heteroatoms. The number of aliphatic imine (C=N–C) groups is 1. The van der Waals surface area contributed by atoms with Crippen molar-refractivity contribution in [1.82, 2.24) is 10.2 Å². The summed E-state index contributed by atoms with van der Waals surface area (Å²) in [4.78, 5) is 6.45. The van der Waals surface area contributed by atoms with Crippen molar-refractivity contribution >= 4 is 29.9 Å². The number of nitrogens with zero attached hydrogens (tertiary/aromatic N) is 2. The second-order valence-electron chi connectivity index (χ2n) is 4.90. The third kappa shape index (κ3) is 5.28. The molecule has 0 radical (unpaired) electrons. The Morgan fingerprint density at radius 3 is 2.75 bits per heavy atom. The van der Waals surface area contributed by atoms with Crippen LogP contribution in [-0.2, 0) is 11.3 Å². The summed E-state index contributed by atoms with van der Waals surface area (Å²) in [5, 5.41) is 3.38. The van der Waals surface area contributed by atoms with E-state index in [1.165, 1.54) is 12.0 Å². The van der Waals surface area contributed by atoms with Crippen molar-refractivity contribution in [2.45, 2.75) is 25.5 Å². The fraction of sp³-hybridized carbons (Fsp3) is 0.533. The van der Waals surface area contributed by atoms with Crippen LogP contribution in [0.4, 0.5) is 0 Å². The van der Waals surface area contributed by atoms with Crippen molar-refractivity contribution in [2.75, 3.05) is 27.2 Å². The predicted octanol–water partition coefficient (Wildman–Crippen LogP) is 2.49. The molecule has 1 aromatic carbocycles. The van der Waals surface area contributed by atoms with Gasteiger partial charge in [0.05, 0.1) is 6.10 Å². The lowest BCUT2D eigenvalue weighted by Crippen LogP contribution is -2.41. The fourth-order valence-electron chi connectivity index (χ4n) is 2.33. The predicted molar refractivity (Wildman–Crippen MR) is 93.7 cm³/mol. The van der Waals surface area contributed by atoms with E-state index in [9.17, 15) is 0 Å². The molecule has 1 N–H and O–H groups in total. The van der Waals surface area contributed by atoms with E-state index >= 15 is 0 Å². The number of guanidine groups is 1. The molecule has 20 heavy (non-hydrogen) atoms. The highest BCUT2D eigenvalue weighted by Crippen LogP contribution is 2.10. The molecule has 2 rings (SSSR count). The van der Waals surface area contributed by atoms with Gasteiger partial charge in [0.2, 0.25) is 0 Å². The van der Waals surface area contributed by atoms with Crippen molar-refractivity contribution in [1.29, 1.82) is 0 Å². The maximum atomic E-state index is 5.61. The molecule has 4 nitrogen and oxygen atoms in total. The van der Waals surface area contributed by atoms with Gasteiger partial charge in [-0.1, -0.05) is 30.3 Å². The van der Waals surface area contributed by atoms with Gasteiger partial charge in [-0.3, -0.25) is 4.99 Å². The summed E-state index contributed by atoms with van der Waals surface area (Å²) in [6.45, 7) is 2.59. The molecule has 1 aliphatic rings. The molecule has 1 heterocycles. The van der Waals surface area contributed by atoms with Gasteiger partial charge < -0.3 is 15.0 Å². The number of hydrogen-bond donors (Lipinski definition) is 1. The summed E-state index contributed by atoms with van der Waals surface area (Å²) in [6, 6.07) is 10.4. The lowest BCUT2D eigenvalue weighted by atomic mass is 10.2. The average molecular weight is 389 g/mol. The average Bonchev–Trinajstić information content (AvgIpc) is 2.94. The molecule has 0 aliphatic carbocycles. The molecule has 0 saturated carbocycles. The van der Waals surface area contributed by atoms with Crippen molar-refractivity contribution in [2.24, 2.45) is 4.99 Å². The molecule has 0 aromatic heterocycles. The Morgan fingerprint density at radius 1 is 1.40 bits per heavy atom. The molecule has 1 saturated heterocycles. The first-order valence-electron chi connectivity index (χ1n) is 6.87. The van der Waals surface area contributed by atoms with Gasteiger partial charge in [-0.25, -0.2) is 0 Å². The first-order chi connectivity index (χ1) is 9.29. The number of ether oxygens (including phenoxy) is 1. The second-order valence-corrected chi connectivity index (χ2v) is 4.90. The van der Waals surface area contributed by atoms with Crippen molar-refractivity contribution in [3.63, 3.8) is 0 Å². The van der Waals surface area contributed by atoms with E-state index in [0.29, 0.717) is 6.10 Å². The molecule has 1 atom stereocenters. The van der Waals surface area contributed by atoms with Crippen molar-refractivity contribution in [3.05, 3.63) is 35.9 Å². The molecule has 112 valence electrons. The number of nitrogens with one attached hydrogen (secondary N) is 1. The van der Waals surface area contributed by atoms with E-state index < -0.39 is 0 Å². The van der Waals surface area contributed by atoms with Crippen molar-refractivity contribution < 1.29 is 4.74 Å². The summed E-state index contributed by atoms with van der Waals surface area (Å²) >= 11 is 0. The number of hydrogen-bond acceptors (Lipinski definition) is 2. The summed E-state index contributed by atoms with van der Waals surface area (Å²) in [5.74, 6) is 0.916. The molecule has 0 amide bonds. The molecular weight excluding hydrogens is 365 g/mol. The monoisotopic (exact) mass is 389 g/mol. The topological polar surface area (TPSA) is 36.9 Å². The highest BCUT2D eigenvalue weighted by molar-refractivity contribution is 14.0. The molecule has 1 aromatic rings. The highest BCUT2D eigenvalue weighted by atomic mass is 127. The molecule has 1 aliphatic heterocycles. The van der Waals surface area contributed by atoms with Crippen LogP contribution in [0, 0.1) is 0 Å². The maximum Gasteiger partial charge on any atom is 0.193 e. The van der Waals surface area contributed by atoms with E-state index in [2.05, 4.69) is 46.5 Å². The lowest BCUT2D eigenvalue weighted by molar-refractivity contribution is 0.113. The third-order valence-corrected chi connectivity index (χ3v) is 3.35. The second kappa shape index (κ2) is 9.18. The maximum absolute atomic E-state index is 5.61. The van der Waals surface area contributed by atoms with E-state index in [0.717, 1.165) is 32.1 Å². The van der Waals surface area contributed by atoms with Gasteiger partial charge >= 0.3 is 0 Å². The Hall–Kier alpha value is -0.820. The van der Waals surface area contributed by atoms with E-state index in [1.54, 1.807) is 0 Å². The normalized spacial score (nSPS) is 18.5. The zero-order valence-electron chi connectivity index (χ0n) is 12.2. The Morgan fingerprint density at radius 2 is 2.15 bits per heavy atom. The highest BCUT2D eigenvalue weighted by Gasteiger charge is 2.16. The zero-order chi connectivity index (χ0) is 13.5. The molecule has 0 spiro atoms. The minimum atomic E-state index is 0. The first-order valence-corrected chi connectivity index (χ1v) is 6.87. The van der Waals surface area contributed by atoms with Crippen LogP contribution in [0.15, 0.2) is 35.3 Å². The molecule has 1 unspecified atom stereocenters. The third-order valence-electron chi connectivity index (χ3n) is 3.35. The Bertz CT molecular complexity index is 405. The lowest BCUT2D eigenvalue weighted by Gasteiger charge is -2.23. The zero-order valence-corrected chi connectivity index (χ0v) is 14.5. The van der Waals surface area contributed by atoms with Gasteiger partial charge in [-0.15, -0.1) is 24.0 Å². The van der Waals surface area contributed by atoms with Crippen LogP contribution < -0.4 is 5.32 Å². The van der Waals surface area contributed by atoms with Crippen LogP contribution in [0.25, 0.3) is 0 Å². The Balaban J connectivity index is 0.00000200. The minimum absolute atomic E-state index is 0. The van der Waals surface area contributed by atoms with Gasteiger partial charge in [-0.2, -0.15) is 0 Å². The summed E-state index contributed by atoms with van der Waals surface area (Å²) in [7, 11) is 3.87. The Kier molecular flexibility index (Phi) is 7.91. The van der Waals surface area contributed by atoms with E-state index in [4.69, 9.17) is 4.74 Å². The van der Waals surface area contributed by atoms with Gasteiger partial charge in [-0.05, 0) is 18.4 Å². The van der Waals surface area contributed by atoms with Crippen LogP contribution in [0.5, 0.6) is 0 Å². The van der Waals surface area contributed by atoms with Crippen LogP contribution >= 0.6 is 24.0 Å². The standard InChI is InChI=1S/C15H23N3O.HI/c1-16-15(17-11-14-9-6-10-19-14)18(2)12-13-7-4-3-5-8-13;/h3-5,7-8,14H,6,9-12H2,1-2H3,(H,16,17);1H. The number of benzene rings is 1. The summed E-state index contributed by atoms with van der Waals surface area (Å²) in [5.41, 5.74) is 1.28. The smallest absolute Gasteiger partial charge is 0.193 e. The largest absolute Gasteiger partial charge is 0.376 e. The Labute approximate surface area is 138 Å². The van der Waals surface area contributed by atoms with Crippen molar-refractivity contribution in [3.8, 4) is 0 Å². The van der Waals surface area contributed by atoms with E-state index in [-0.39, 0.29) is 24.0 Å². The number of rotatable bonds is 4. The summed E-state index contributed by atoms with van der Waals surface area (Å²) < 4.78 is 5.61. The summed E-state index contributed by atoms with van der Waals surface area (Å²) in [6.07, 6.45) is 2.65. The van der Waals surface area contributed by atoms with Crippen LogP contribution in [0.3, 0.4) is 0 Å². The van der Waals surface area contributed by atoms with Gasteiger partial charge in [0.15, 0.2) is 5.96 Å². The molecule has 1 fully saturated rings. The van der Waals surface area contributed by atoms with Crippen LogP contribution in [0.1, 0.15) is 18.4 Å². The van der Waals surface area contributed by atoms with Gasteiger partial charge in [0.25, 0.3) is 0 Å². The van der Waals surface area contributed by atoms with Gasteiger partial charge in [0, 0.05) is 33.8 Å². The molecule has 0 bridgehead atoms. The quantitative estimate of drug-likeness (QED) is 0.489.